The van der Waals surface area contributed by atoms with Crippen LogP contribution in [0, 0.1) is 5.41 Å². The lowest BCUT2D eigenvalue weighted by Gasteiger charge is -2.19. The summed E-state index contributed by atoms with van der Waals surface area (Å²) in [5, 5.41) is 1.11. The predicted octanol–water partition coefficient (Wildman–Crippen LogP) is 3.60. The largest absolute Gasteiger partial charge is 0.369 e. The van der Waals surface area contributed by atoms with Crippen LogP contribution in [-0.2, 0) is 6.54 Å². The maximum Gasteiger partial charge on any atom is 0.201 e. The van der Waals surface area contributed by atoms with E-state index < -0.39 is 0 Å². The Hall–Kier alpha value is -2.10. The number of rotatable bonds is 2. The maximum absolute atomic E-state index is 6.10. The first-order valence-electron chi connectivity index (χ1n) is 6.95. The summed E-state index contributed by atoms with van der Waals surface area (Å²) in [6.45, 7) is 7.59. The van der Waals surface area contributed by atoms with Crippen LogP contribution < -0.4 is 5.73 Å². The van der Waals surface area contributed by atoms with Crippen molar-refractivity contribution in [2.45, 2.75) is 33.7 Å². The summed E-state index contributed by atoms with van der Waals surface area (Å²) in [7, 11) is 0. The van der Waals surface area contributed by atoms with Crippen molar-refractivity contribution in [3.8, 4) is 0 Å². The molecule has 2 aromatic heterocycles. The molecular formula is C16H20N4. The average molecular weight is 268 g/mol. The molecule has 3 rings (SSSR count). The number of benzene rings is 1. The fourth-order valence-corrected chi connectivity index (χ4v) is 2.45. The van der Waals surface area contributed by atoms with Gasteiger partial charge in [-0.15, -0.1) is 0 Å². The van der Waals surface area contributed by atoms with E-state index in [1.807, 2.05) is 24.4 Å². The SMILES string of the molecule is CC(C)(C)CCn1c(N)nc2cnc3ccccc3c21. The van der Waals surface area contributed by atoms with Crippen molar-refractivity contribution < 1.29 is 0 Å². The highest BCUT2D eigenvalue weighted by molar-refractivity contribution is 6.02. The van der Waals surface area contributed by atoms with Gasteiger partial charge in [0, 0.05) is 11.9 Å². The topological polar surface area (TPSA) is 56.7 Å². The van der Waals surface area contributed by atoms with Gasteiger partial charge in [0.05, 0.1) is 17.2 Å². The Morgan fingerprint density at radius 2 is 1.90 bits per heavy atom. The minimum Gasteiger partial charge on any atom is -0.369 e. The van der Waals surface area contributed by atoms with Crippen molar-refractivity contribution in [3.63, 3.8) is 0 Å². The van der Waals surface area contributed by atoms with Gasteiger partial charge >= 0.3 is 0 Å². The number of aromatic nitrogens is 3. The van der Waals surface area contributed by atoms with E-state index >= 15 is 0 Å². The molecule has 104 valence electrons. The number of nitrogens with zero attached hydrogens (tertiary/aromatic N) is 3. The molecule has 4 nitrogen and oxygen atoms in total. The lowest BCUT2D eigenvalue weighted by molar-refractivity contribution is 0.354. The number of hydrogen-bond donors (Lipinski definition) is 1. The van der Waals surface area contributed by atoms with E-state index in [0.29, 0.717) is 5.95 Å². The molecular weight excluding hydrogens is 248 g/mol. The lowest BCUT2D eigenvalue weighted by Crippen LogP contribution is -2.12. The van der Waals surface area contributed by atoms with Crippen LogP contribution in [0.25, 0.3) is 21.9 Å². The number of nitrogens with two attached hydrogens (primary N) is 1. The van der Waals surface area contributed by atoms with Gasteiger partial charge in [-0.05, 0) is 17.9 Å². The molecule has 0 saturated carbocycles. The van der Waals surface area contributed by atoms with Crippen LogP contribution in [0.3, 0.4) is 0 Å². The van der Waals surface area contributed by atoms with Gasteiger partial charge in [-0.2, -0.15) is 0 Å². The van der Waals surface area contributed by atoms with Gasteiger partial charge in [0.1, 0.15) is 5.52 Å². The number of aryl methyl sites for hydroxylation is 1. The first-order valence-corrected chi connectivity index (χ1v) is 6.95. The first kappa shape index (κ1) is 12.9. The highest BCUT2D eigenvalue weighted by Gasteiger charge is 2.15. The van der Waals surface area contributed by atoms with Crippen LogP contribution in [0.15, 0.2) is 30.5 Å². The highest BCUT2D eigenvalue weighted by Crippen LogP contribution is 2.28. The molecule has 0 atom stereocenters. The zero-order valence-electron chi connectivity index (χ0n) is 12.2. The van der Waals surface area contributed by atoms with Crippen LogP contribution in [0.5, 0.6) is 0 Å². The fourth-order valence-electron chi connectivity index (χ4n) is 2.45. The second-order valence-electron chi connectivity index (χ2n) is 6.44. The molecule has 0 fully saturated rings. The predicted molar refractivity (Wildman–Crippen MR) is 83.5 cm³/mol. The first-order chi connectivity index (χ1) is 9.46. The number of pyridine rings is 1. The molecule has 0 aliphatic heterocycles. The van der Waals surface area contributed by atoms with E-state index in [1.54, 1.807) is 0 Å². The van der Waals surface area contributed by atoms with E-state index in [-0.39, 0.29) is 5.41 Å². The van der Waals surface area contributed by atoms with Crippen LogP contribution in [0.4, 0.5) is 5.95 Å². The Morgan fingerprint density at radius 1 is 1.15 bits per heavy atom. The van der Waals surface area contributed by atoms with Gasteiger partial charge in [0.25, 0.3) is 0 Å². The molecule has 0 radical (unpaired) electrons. The maximum atomic E-state index is 6.10. The number of imidazole rings is 1. The molecule has 0 bridgehead atoms. The van der Waals surface area contributed by atoms with E-state index in [0.717, 1.165) is 34.9 Å². The van der Waals surface area contributed by atoms with Crippen LogP contribution in [0.1, 0.15) is 27.2 Å². The number of nitrogen functional groups attached to an aromatic ring is 1. The molecule has 0 aliphatic rings. The lowest BCUT2D eigenvalue weighted by atomic mass is 9.92. The summed E-state index contributed by atoms with van der Waals surface area (Å²) in [6.07, 6.45) is 2.86. The van der Waals surface area contributed by atoms with Crippen molar-refractivity contribution in [2.75, 3.05) is 5.73 Å². The summed E-state index contributed by atoms with van der Waals surface area (Å²) in [6, 6.07) is 8.13. The van der Waals surface area contributed by atoms with Gasteiger partial charge in [-0.25, -0.2) is 4.98 Å². The number of para-hydroxylation sites is 1. The van der Waals surface area contributed by atoms with E-state index in [9.17, 15) is 0 Å². The summed E-state index contributed by atoms with van der Waals surface area (Å²) < 4.78 is 2.12. The number of hydrogen-bond acceptors (Lipinski definition) is 3. The van der Waals surface area contributed by atoms with E-state index in [1.165, 1.54) is 0 Å². The Kier molecular flexibility index (Phi) is 2.89. The zero-order chi connectivity index (χ0) is 14.3. The van der Waals surface area contributed by atoms with Gasteiger partial charge in [-0.1, -0.05) is 39.0 Å². The monoisotopic (exact) mass is 268 g/mol. The molecule has 1 aromatic carbocycles. The smallest absolute Gasteiger partial charge is 0.201 e. The van der Waals surface area contributed by atoms with E-state index in [4.69, 9.17) is 5.73 Å². The minimum atomic E-state index is 0.270. The van der Waals surface area contributed by atoms with Gasteiger partial charge in [0.15, 0.2) is 0 Å². The average Bonchev–Trinajstić information content (AvgIpc) is 2.71. The second-order valence-corrected chi connectivity index (χ2v) is 6.44. The molecule has 2 N–H and O–H groups in total. The van der Waals surface area contributed by atoms with E-state index in [2.05, 4.69) is 41.4 Å². The molecule has 0 saturated heterocycles. The fraction of sp³-hybridized carbons (Fsp3) is 0.375. The Morgan fingerprint density at radius 3 is 2.65 bits per heavy atom. The van der Waals surface area contributed by atoms with Crippen LogP contribution >= 0.6 is 0 Å². The van der Waals surface area contributed by atoms with Crippen LogP contribution in [0.2, 0.25) is 0 Å². The Bertz CT molecular complexity index is 765. The highest BCUT2D eigenvalue weighted by atomic mass is 15.2. The van der Waals surface area contributed by atoms with Gasteiger partial charge in [-0.3, -0.25) is 4.98 Å². The van der Waals surface area contributed by atoms with Crippen LogP contribution in [-0.4, -0.2) is 14.5 Å². The van der Waals surface area contributed by atoms with Crippen molar-refractivity contribution >= 4 is 27.9 Å². The quantitative estimate of drug-likeness (QED) is 0.772. The zero-order valence-corrected chi connectivity index (χ0v) is 12.2. The van der Waals surface area contributed by atoms with Crippen molar-refractivity contribution in [3.05, 3.63) is 30.5 Å². The third-order valence-corrected chi connectivity index (χ3v) is 3.59. The van der Waals surface area contributed by atoms with Crippen molar-refractivity contribution in [1.82, 2.24) is 14.5 Å². The molecule has 0 amide bonds. The minimum absolute atomic E-state index is 0.270. The Balaban J connectivity index is 2.19. The van der Waals surface area contributed by atoms with Crippen molar-refractivity contribution in [2.24, 2.45) is 5.41 Å². The second kappa shape index (κ2) is 4.47. The van der Waals surface area contributed by atoms with Gasteiger partial charge in [0.2, 0.25) is 5.95 Å². The standard InChI is InChI=1S/C16H20N4/c1-16(2,3)8-9-20-14-11-6-4-5-7-12(11)18-10-13(14)19-15(20)17/h4-7,10H,8-9H2,1-3H3,(H2,17,19). The third-order valence-electron chi connectivity index (χ3n) is 3.59. The molecule has 20 heavy (non-hydrogen) atoms. The number of fused-ring (bicyclic) bond motifs is 3. The normalized spacial score (nSPS) is 12.3. The van der Waals surface area contributed by atoms with Gasteiger partial charge < -0.3 is 10.3 Å². The Labute approximate surface area is 118 Å². The molecule has 0 unspecified atom stereocenters. The molecule has 0 spiro atoms. The summed E-state index contributed by atoms with van der Waals surface area (Å²) in [5.74, 6) is 0.572. The summed E-state index contributed by atoms with van der Waals surface area (Å²) in [4.78, 5) is 8.88. The molecule has 4 heteroatoms. The molecule has 2 heterocycles. The molecule has 3 aromatic rings. The third kappa shape index (κ3) is 2.22. The number of anilines is 1. The summed E-state index contributed by atoms with van der Waals surface area (Å²) >= 11 is 0. The van der Waals surface area contributed by atoms with Crippen molar-refractivity contribution in [1.29, 1.82) is 0 Å². The molecule has 0 aliphatic carbocycles. The summed E-state index contributed by atoms with van der Waals surface area (Å²) in [5.41, 5.74) is 9.32.